The van der Waals surface area contributed by atoms with Gasteiger partial charge in [-0.1, -0.05) is 17.3 Å². The van der Waals surface area contributed by atoms with Gasteiger partial charge in [-0.15, -0.1) is 0 Å². The fourth-order valence-corrected chi connectivity index (χ4v) is 3.79. The van der Waals surface area contributed by atoms with E-state index in [-0.39, 0.29) is 4.90 Å². The van der Waals surface area contributed by atoms with Gasteiger partial charge < -0.3 is 9.26 Å². The van der Waals surface area contributed by atoms with Crippen molar-refractivity contribution in [1.29, 1.82) is 0 Å². The number of aryl methyl sites for hydroxylation is 3. The molecule has 1 heterocycles. The molecule has 0 saturated carbocycles. The van der Waals surface area contributed by atoms with Gasteiger partial charge >= 0.3 is 0 Å². The molecule has 6 nitrogen and oxygen atoms in total. The van der Waals surface area contributed by atoms with E-state index in [4.69, 9.17) is 9.26 Å². The molecule has 0 bridgehead atoms. The Labute approximate surface area is 137 Å². The minimum Gasteiger partial charge on any atom is -0.494 e. The molecule has 0 amide bonds. The molecule has 0 saturated heterocycles. The molecule has 0 aliphatic carbocycles. The monoisotopic (exact) mass is 338 g/mol. The minimum absolute atomic E-state index is 0.152. The van der Waals surface area contributed by atoms with E-state index >= 15 is 0 Å². The molecule has 1 aromatic carbocycles. The quantitative estimate of drug-likeness (QED) is 0.726. The molecule has 0 radical (unpaired) electrons. The molecule has 0 atom stereocenters. The minimum atomic E-state index is -3.59. The zero-order valence-corrected chi connectivity index (χ0v) is 14.7. The maximum absolute atomic E-state index is 12.5. The van der Waals surface area contributed by atoms with Crippen LogP contribution in [0.2, 0.25) is 0 Å². The van der Waals surface area contributed by atoms with Crippen molar-refractivity contribution in [2.24, 2.45) is 0 Å². The van der Waals surface area contributed by atoms with Gasteiger partial charge in [0, 0.05) is 13.6 Å². The van der Waals surface area contributed by atoms with Crippen molar-refractivity contribution in [3.63, 3.8) is 0 Å². The second-order valence-corrected chi connectivity index (χ2v) is 7.48. The van der Waals surface area contributed by atoms with Crippen LogP contribution in [0.3, 0.4) is 0 Å². The Morgan fingerprint density at radius 1 is 1.26 bits per heavy atom. The fourth-order valence-electron chi connectivity index (χ4n) is 2.30. The van der Waals surface area contributed by atoms with Crippen molar-refractivity contribution < 1.29 is 17.7 Å². The Morgan fingerprint density at radius 3 is 2.61 bits per heavy atom. The fraction of sp³-hybridized carbons (Fsp3) is 0.438. The van der Waals surface area contributed by atoms with Gasteiger partial charge in [-0.3, -0.25) is 0 Å². The lowest BCUT2D eigenvalue weighted by Crippen LogP contribution is -2.29. The zero-order chi connectivity index (χ0) is 17.0. The topological polar surface area (TPSA) is 72.6 Å². The predicted molar refractivity (Wildman–Crippen MR) is 87.1 cm³/mol. The standard InChI is InChI=1S/C16H22N2O4S/c1-12-7-5-8-15(11-12)21-10-6-9-18(4)23(19,20)16-13(2)17-22-14(16)3/h5,7-8,11H,6,9-10H2,1-4H3. The number of hydrogen-bond donors (Lipinski definition) is 0. The highest BCUT2D eigenvalue weighted by Crippen LogP contribution is 2.22. The smallest absolute Gasteiger partial charge is 0.248 e. The molecule has 7 heteroatoms. The van der Waals surface area contributed by atoms with Gasteiger partial charge in [-0.25, -0.2) is 12.7 Å². The second-order valence-electron chi connectivity index (χ2n) is 5.50. The highest BCUT2D eigenvalue weighted by Gasteiger charge is 2.28. The van der Waals surface area contributed by atoms with Crippen molar-refractivity contribution in [2.45, 2.75) is 32.1 Å². The first-order valence-corrected chi connectivity index (χ1v) is 8.85. The molecule has 0 aliphatic rings. The summed E-state index contributed by atoms with van der Waals surface area (Å²) >= 11 is 0. The molecule has 1 aromatic heterocycles. The summed E-state index contributed by atoms with van der Waals surface area (Å²) in [6.45, 7) is 6.03. The SMILES string of the molecule is Cc1cccc(OCCCN(C)S(=O)(=O)c2c(C)noc2C)c1. The van der Waals surface area contributed by atoms with E-state index in [1.54, 1.807) is 20.9 Å². The van der Waals surface area contributed by atoms with Crippen molar-refractivity contribution in [3.8, 4) is 5.75 Å². The number of sulfonamides is 1. The van der Waals surface area contributed by atoms with E-state index in [9.17, 15) is 8.42 Å². The number of ether oxygens (including phenoxy) is 1. The summed E-state index contributed by atoms with van der Waals surface area (Å²) in [4.78, 5) is 0.152. The summed E-state index contributed by atoms with van der Waals surface area (Å²) in [7, 11) is -2.04. The highest BCUT2D eigenvalue weighted by atomic mass is 32.2. The third-order valence-corrected chi connectivity index (χ3v) is 5.61. The summed E-state index contributed by atoms with van der Waals surface area (Å²) in [5.74, 6) is 1.10. The van der Waals surface area contributed by atoms with Gasteiger partial charge in [0.2, 0.25) is 10.0 Å². The van der Waals surface area contributed by atoms with Crippen LogP contribution < -0.4 is 4.74 Å². The van der Waals surface area contributed by atoms with Gasteiger partial charge in [-0.2, -0.15) is 0 Å². The molecular formula is C16H22N2O4S. The van der Waals surface area contributed by atoms with Crippen molar-refractivity contribution in [1.82, 2.24) is 9.46 Å². The van der Waals surface area contributed by atoms with Crippen molar-refractivity contribution in [3.05, 3.63) is 41.3 Å². The zero-order valence-electron chi connectivity index (χ0n) is 13.9. The first-order valence-electron chi connectivity index (χ1n) is 7.41. The normalized spacial score (nSPS) is 11.9. The second kappa shape index (κ2) is 7.14. The Morgan fingerprint density at radius 2 is 2.00 bits per heavy atom. The van der Waals surface area contributed by atoms with Crippen LogP contribution in [0.1, 0.15) is 23.4 Å². The molecule has 0 unspecified atom stereocenters. The van der Waals surface area contributed by atoms with Crippen LogP contribution in [0.4, 0.5) is 0 Å². The maximum Gasteiger partial charge on any atom is 0.248 e. The summed E-state index contributed by atoms with van der Waals surface area (Å²) in [6, 6.07) is 7.76. The van der Waals surface area contributed by atoms with Gasteiger partial charge in [0.05, 0.1) is 6.61 Å². The van der Waals surface area contributed by atoms with E-state index in [0.29, 0.717) is 31.0 Å². The first-order chi connectivity index (χ1) is 10.8. The van der Waals surface area contributed by atoms with E-state index in [2.05, 4.69) is 5.16 Å². The van der Waals surface area contributed by atoms with Crippen LogP contribution in [-0.2, 0) is 10.0 Å². The van der Waals surface area contributed by atoms with Crippen molar-refractivity contribution >= 4 is 10.0 Å². The van der Waals surface area contributed by atoms with E-state index < -0.39 is 10.0 Å². The predicted octanol–water partition coefficient (Wildman–Crippen LogP) is 2.69. The lowest BCUT2D eigenvalue weighted by Gasteiger charge is -2.17. The lowest BCUT2D eigenvalue weighted by molar-refractivity contribution is 0.296. The van der Waals surface area contributed by atoms with Gasteiger partial charge in [0.1, 0.15) is 16.3 Å². The molecule has 23 heavy (non-hydrogen) atoms. The average Bonchev–Trinajstić information content (AvgIpc) is 2.83. The number of nitrogens with zero attached hydrogens (tertiary/aromatic N) is 2. The summed E-state index contributed by atoms with van der Waals surface area (Å²) in [5.41, 5.74) is 1.51. The summed E-state index contributed by atoms with van der Waals surface area (Å²) in [6.07, 6.45) is 0.590. The van der Waals surface area contributed by atoms with Gasteiger partial charge in [-0.05, 0) is 44.9 Å². The van der Waals surface area contributed by atoms with Crippen LogP contribution in [0.5, 0.6) is 5.75 Å². The lowest BCUT2D eigenvalue weighted by atomic mass is 10.2. The van der Waals surface area contributed by atoms with Crippen molar-refractivity contribution in [2.75, 3.05) is 20.2 Å². The van der Waals surface area contributed by atoms with Crippen LogP contribution in [-0.4, -0.2) is 38.1 Å². The Hall–Kier alpha value is -1.86. The number of aromatic nitrogens is 1. The van der Waals surface area contributed by atoms with Crippen LogP contribution in [0, 0.1) is 20.8 Å². The van der Waals surface area contributed by atoms with E-state index in [1.807, 2.05) is 31.2 Å². The molecule has 2 rings (SSSR count). The van der Waals surface area contributed by atoms with Crippen LogP contribution >= 0.6 is 0 Å². The van der Waals surface area contributed by atoms with Crippen LogP contribution in [0.25, 0.3) is 0 Å². The average molecular weight is 338 g/mol. The van der Waals surface area contributed by atoms with E-state index in [1.165, 1.54) is 4.31 Å². The maximum atomic E-state index is 12.5. The Bertz CT molecular complexity index is 749. The number of rotatable bonds is 7. The molecule has 0 spiro atoms. The number of benzene rings is 1. The molecule has 126 valence electrons. The number of hydrogen-bond acceptors (Lipinski definition) is 5. The third-order valence-electron chi connectivity index (χ3n) is 3.51. The molecule has 0 N–H and O–H groups in total. The molecule has 0 aliphatic heterocycles. The van der Waals surface area contributed by atoms with Crippen LogP contribution in [0.15, 0.2) is 33.7 Å². The molecular weight excluding hydrogens is 316 g/mol. The van der Waals surface area contributed by atoms with Gasteiger partial charge in [0.25, 0.3) is 0 Å². The van der Waals surface area contributed by atoms with E-state index in [0.717, 1.165) is 11.3 Å². The third kappa shape index (κ3) is 4.11. The Kier molecular flexibility index (Phi) is 5.43. The highest BCUT2D eigenvalue weighted by molar-refractivity contribution is 7.89. The molecule has 2 aromatic rings. The largest absolute Gasteiger partial charge is 0.494 e. The summed E-state index contributed by atoms with van der Waals surface area (Å²) in [5, 5.41) is 3.70. The molecule has 0 fully saturated rings. The first kappa shape index (κ1) is 17.5. The summed E-state index contributed by atoms with van der Waals surface area (Å²) < 4.78 is 36.9. The Balaban J connectivity index is 1.91. The van der Waals surface area contributed by atoms with Gasteiger partial charge in [0.15, 0.2) is 5.76 Å².